The van der Waals surface area contributed by atoms with Gasteiger partial charge in [-0.1, -0.05) is 6.07 Å². The molecule has 0 unspecified atom stereocenters. The molecule has 2 saturated heterocycles. The molecule has 1 aromatic rings. The van der Waals surface area contributed by atoms with Crippen LogP contribution < -0.4 is 9.64 Å². The highest BCUT2D eigenvalue weighted by molar-refractivity contribution is 5.79. The van der Waals surface area contributed by atoms with Crippen molar-refractivity contribution >= 4 is 12.0 Å². The van der Waals surface area contributed by atoms with Crippen molar-refractivity contribution in [3.63, 3.8) is 0 Å². The summed E-state index contributed by atoms with van der Waals surface area (Å²) >= 11 is 0. The Balaban J connectivity index is 1.46. The number of amides is 2. The Morgan fingerprint density at radius 3 is 2.41 bits per heavy atom. The first-order valence-electron chi connectivity index (χ1n) is 10.4. The molecule has 0 saturated carbocycles. The summed E-state index contributed by atoms with van der Waals surface area (Å²) in [6.07, 6.45) is 1.39. The highest BCUT2D eigenvalue weighted by atomic mass is 16.6. The number of nitrogens with zero attached hydrogens (tertiary/aromatic N) is 2. The van der Waals surface area contributed by atoms with Gasteiger partial charge in [0.15, 0.2) is 11.5 Å². The molecule has 2 aliphatic heterocycles. The molecule has 8 heteroatoms. The average Bonchev–Trinajstić information content (AvgIpc) is 2.75. The van der Waals surface area contributed by atoms with Gasteiger partial charge in [0.05, 0.1) is 32.4 Å². The first kappa shape index (κ1) is 21.2. The number of piperidine rings is 1. The zero-order chi connectivity index (χ0) is 20.8. The number of hydrogen-bond donors (Lipinski definition) is 2. The van der Waals surface area contributed by atoms with Gasteiger partial charge in [-0.15, -0.1) is 0 Å². The fraction of sp³-hybridized carbons (Fsp3) is 0.619. The van der Waals surface area contributed by atoms with E-state index in [9.17, 15) is 14.7 Å². The average molecular weight is 407 g/mol. The smallest absolute Gasteiger partial charge is 0.409 e. The number of carbonyl (C=O) groups excluding carboxylic acids is 2. The van der Waals surface area contributed by atoms with Crippen molar-refractivity contribution in [1.29, 1.82) is 0 Å². The van der Waals surface area contributed by atoms with Crippen molar-refractivity contribution in [3.8, 4) is 11.5 Å². The second kappa shape index (κ2) is 9.82. The molecule has 2 fully saturated rings. The molecule has 1 aromatic carbocycles. The van der Waals surface area contributed by atoms with Crippen molar-refractivity contribution in [2.24, 2.45) is 5.92 Å². The first-order chi connectivity index (χ1) is 14.0. The molecule has 29 heavy (non-hydrogen) atoms. The van der Waals surface area contributed by atoms with Gasteiger partial charge in [0.25, 0.3) is 0 Å². The second-order valence-electron chi connectivity index (χ2n) is 7.68. The number of para-hydroxylation sites is 1. The Morgan fingerprint density at radius 2 is 1.79 bits per heavy atom. The van der Waals surface area contributed by atoms with Crippen LogP contribution in [-0.2, 0) is 16.1 Å². The molecule has 8 nitrogen and oxygen atoms in total. The van der Waals surface area contributed by atoms with E-state index in [0.29, 0.717) is 38.5 Å². The van der Waals surface area contributed by atoms with Gasteiger partial charge in [0.1, 0.15) is 6.54 Å². The number of phenols is 1. The van der Waals surface area contributed by atoms with E-state index >= 15 is 0 Å². The summed E-state index contributed by atoms with van der Waals surface area (Å²) < 4.78 is 10.2. The summed E-state index contributed by atoms with van der Waals surface area (Å²) in [4.78, 5) is 29.6. The van der Waals surface area contributed by atoms with Crippen molar-refractivity contribution in [1.82, 2.24) is 9.80 Å². The molecule has 0 atom stereocenters. The maximum absolute atomic E-state index is 12.9. The lowest BCUT2D eigenvalue weighted by atomic mass is 9.94. The minimum Gasteiger partial charge on any atom is -0.504 e. The van der Waals surface area contributed by atoms with Crippen LogP contribution in [0, 0.1) is 5.92 Å². The number of aromatic hydroxyl groups is 1. The van der Waals surface area contributed by atoms with Crippen LogP contribution in [0.2, 0.25) is 0 Å². The maximum Gasteiger partial charge on any atom is 0.409 e. The Morgan fingerprint density at radius 1 is 1.14 bits per heavy atom. The van der Waals surface area contributed by atoms with Gasteiger partial charge in [-0.05, 0) is 19.1 Å². The molecular weight excluding hydrogens is 374 g/mol. The minimum absolute atomic E-state index is 0.0480. The van der Waals surface area contributed by atoms with Crippen LogP contribution in [0.15, 0.2) is 18.2 Å². The van der Waals surface area contributed by atoms with Gasteiger partial charge >= 0.3 is 6.09 Å². The van der Waals surface area contributed by atoms with Crippen LogP contribution in [0.4, 0.5) is 4.79 Å². The fourth-order valence-corrected chi connectivity index (χ4v) is 4.18. The quantitative estimate of drug-likeness (QED) is 0.744. The summed E-state index contributed by atoms with van der Waals surface area (Å²) in [7, 11) is 1.55. The van der Waals surface area contributed by atoms with Crippen LogP contribution in [-0.4, -0.2) is 79.9 Å². The van der Waals surface area contributed by atoms with Gasteiger partial charge < -0.3 is 29.3 Å². The van der Waals surface area contributed by atoms with Gasteiger partial charge in [-0.25, -0.2) is 4.79 Å². The highest BCUT2D eigenvalue weighted by Gasteiger charge is 2.33. The minimum atomic E-state index is -0.294. The SMILES string of the molecule is CCOC(=O)N1CCN(C(=O)C2CC[NH+](Cc3cccc(OC)c3O)CC2)CC1. The monoisotopic (exact) mass is 406 g/mol. The van der Waals surface area contributed by atoms with Crippen LogP contribution >= 0.6 is 0 Å². The lowest BCUT2D eigenvalue weighted by Crippen LogP contribution is -3.11. The van der Waals surface area contributed by atoms with Crippen LogP contribution in [0.3, 0.4) is 0 Å². The van der Waals surface area contributed by atoms with E-state index in [1.54, 1.807) is 25.0 Å². The number of likely N-dealkylation sites (tertiary alicyclic amines) is 1. The van der Waals surface area contributed by atoms with Crippen LogP contribution in [0.5, 0.6) is 11.5 Å². The number of ether oxygens (including phenoxy) is 2. The van der Waals surface area contributed by atoms with Crippen LogP contribution in [0.1, 0.15) is 25.3 Å². The summed E-state index contributed by atoms with van der Waals surface area (Å²) in [6, 6.07) is 5.56. The number of quaternary nitrogens is 1. The number of hydrogen-bond acceptors (Lipinski definition) is 5. The number of rotatable bonds is 5. The van der Waals surface area contributed by atoms with Crippen molar-refractivity contribution < 1.29 is 29.1 Å². The first-order valence-corrected chi connectivity index (χ1v) is 10.4. The van der Waals surface area contributed by atoms with Crippen molar-refractivity contribution in [2.75, 3.05) is 53.0 Å². The zero-order valence-electron chi connectivity index (χ0n) is 17.4. The van der Waals surface area contributed by atoms with Gasteiger partial charge in [0.2, 0.25) is 5.91 Å². The van der Waals surface area contributed by atoms with Gasteiger partial charge in [-0.2, -0.15) is 0 Å². The molecule has 0 spiro atoms. The number of piperazine rings is 1. The van der Waals surface area contributed by atoms with Gasteiger partial charge in [-0.3, -0.25) is 4.79 Å². The highest BCUT2D eigenvalue weighted by Crippen LogP contribution is 2.28. The number of benzene rings is 1. The lowest BCUT2D eigenvalue weighted by molar-refractivity contribution is -0.919. The topological polar surface area (TPSA) is 83.8 Å². The number of methoxy groups -OCH3 is 1. The molecule has 0 radical (unpaired) electrons. The third-order valence-electron chi connectivity index (χ3n) is 5.90. The number of carbonyl (C=O) groups is 2. The van der Waals surface area contributed by atoms with E-state index in [1.165, 1.54) is 4.90 Å². The summed E-state index contributed by atoms with van der Waals surface area (Å²) in [6.45, 7) is 6.89. The number of phenolic OH excluding ortho intramolecular Hbond substituents is 1. The molecule has 2 heterocycles. The Kier molecular flexibility index (Phi) is 7.19. The van der Waals surface area contributed by atoms with Crippen molar-refractivity contribution in [2.45, 2.75) is 26.3 Å². The molecular formula is C21H32N3O5+. The van der Waals surface area contributed by atoms with E-state index in [2.05, 4.69) is 0 Å². The molecule has 160 valence electrons. The summed E-state index contributed by atoms with van der Waals surface area (Å²) in [5, 5.41) is 10.3. The van der Waals surface area contributed by atoms with E-state index < -0.39 is 0 Å². The molecule has 0 aromatic heterocycles. The molecule has 2 amide bonds. The molecule has 2 aliphatic rings. The third kappa shape index (κ3) is 5.12. The van der Waals surface area contributed by atoms with E-state index in [4.69, 9.17) is 9.47 Å². The maximum atomic E-state index is 12.9. The third-order valence-corrected chi connectivity index (χ3v) is 5.90. The zero-order valence-corrected chi connectivity index (χ0v) is 17.4. The Hall–Kier alpha value is -2.48. The lowest BCUT2D eigenvalue weighted by Gasteiger charge is -2.37. The van der Waals surface area contributed by atoms with E-state index in [0.717, 1.165) is 38.0 Å². The second-order valence-corrected chi connectivity index (χ2v) is 7.68. The van der Waals surface area contributed by atoms with Crippen LogP contribution in [0.25, 0.3) is 0 Å². The Bertz CT molecular complexity index is 710. The van der Waals surface area contributed by atoms with Crippen molar-refractivity contribution in [3.05, 3.63) is 23.8 Å². The standard InChI is InChI=1S/C21H31N3O5/c1-3-29-21(27)24-13-11-23(12-14-24)20(26)16-7-9-22(10-8-16)15-17-5-4-6-18(28-2)19(17)25/h4-6,16,25H,3,7-15H2,1-2H3/p+1. The normalized spacial score (nSPS) is 22.3. The van der Waals surface area contributed by atoms with Gasteiger partial charge in [0, 0.05) is 44.9 Å². The summed E-state index contributed by atoms with van der Waals surface area (Å²) in [5.41, 5.74) is 0.874. The summed E-state index contributed by atoms with van der Waals surface area (Å²) in [5.74, 6) is 0.956. The number of nitrogens with one attached hydrogen (secondary N) is 1. The van der Waals surface area contributed by atoms with E-state index in [-0.39, 0.29) is 23.7 Å². The predicted octanol–water partition coefficient (Wildman–Crippen LogP) is 0.496. The molecule has 0 bridgehead atoms. The van der Waals surface area contributed by atoms with E-state index in [1.807, 2.05) is 17.0 Å². The Labute approximate surface area is 172 Å². The largest absolute Gasteiger partial charge is 0.504 e. The fourth-order valence-electron chi connectivity index (χ4n) is 4.18. The predicted molar refractivity (Wildman–Crippen MR) is 107 cm³/mol. The molecule has 0 aliphatic carbocycles. The molecule has 2 N–H and O–H groups in total. The molecule has 3 rings (SSSR count).